The first-order chi connectivity index (χ1) is 11.0. The second kappa shape index (κ2) is 6.58. The van der Waals surface area contributed by atoms with Crippen molar-refractivity contribution in [2.45, 2.75) is 31.7 Å². The molecule has 1 amide bonds. The van der Waals surface area contributed by atoms with E-state index in [0.29, 0.717) is 5.92 Å². The number of aromatic nitrogens is 2. The minimum absolute atomic E-state index is 0.0631. The highest BCUT2D eigenvalue weighted by atomic mass is 35.5. The minimum atomic E-state index is -0.296. The van der Waals surface area contributed by atoms with Gasteiger partial charge in [0, 0.05) is 6.04 Å². The second-order valence-corrected chi connectivity index (χ2v) is 6.28. The Morgan fingerprint density at radius 3 is 2.78 bits per heavy atom. The molecule has 23 heavy (non-hydrogen) atoms. The minimum Gasteiger partial charge on any atom is -0.381 e. The molecule has 0 spiro atoms. The third kappa shape index (κ3) is 3.47. The van der Waals surface area contributed by atoms with E-state index in [-0.39, 0.29) is 34.3 Å². The van der Waals surface area contributed by atoms with Crippen molar-refractivity contribution in [3.05, 3.63) is 46.4 Å². The molecule has 0 radical (unpaired) electrons. The summed E-state index contributed by atoms with van der Waals surface area (Å²) < 4.78 is 13.0. The van der Waals surface area contributed by atoms with Gasteiger partial charge in [0.05, 0.1) is 0 Å². The van der Waals surface area contributed by atoms with Crippen LogP contribution >= 0.6 is 11.6 Å². The summed E-state index contributed by atoms with van der Waals surface area (Å²) in [6.07, 6.45) is 3.81. The molecule has 0 unspecified atom stereocenters. The van der Waals surface area contributed by atoms with E-state index in [4.69, 9.17) is 17.3 Å². The molecule has 7 heteroatoms. The van der Waals surface area contributed by atoms with Crippen molar-refractivity contribution in [2.24, 2.45) is 5.92 Å². The van der Waals surface area contributed by atoms with Gasteiger partial charge in [-0.05, 0) is 42.9 Å². The zero-order valence-corrected chi connectivity index (χ0v) is 13.2. The Labute approximate surface area is 138 Å². The molecule has 1 fully saturated rings. The molecule has 5 nitrogen and oxygen atoms in total. The number of nitrogen functional groups attached to an aromatic ring is 1. The van der Waals surface area contributed by atoms with Crippen molar-refractivity contribution < 1.29 is 9.18 Å². The standard InChI is InChI=1S/C16H18ClFN4O/c17-13-14(21-22-15(13)19)16(23)20-12-3-1-2-10(12)8-9-4-6-11(18)7-5-9/h4-7,10,12H,1-3,8H2,(H,20,23)(H3,19,21,22)/t10-,12-/m0/s1. The van der Waals surface area contributed by atoms with Gasteiger partial charge in [0.1, 0.15) is 16.5 Å². The lowest BCUT2D eigenvalue weighted by atomic mass is 9.94. The molecule has 4 N–H and O–H groups in total. The number of hydrogen-bond donors (Lipinski definition) is 3. The van der Waals surface area contributed by atoms with E-state index in [1.807, 2.05) is 0 Å². The average Bonchev–Trinajstić information content (AvgIpc) is 3.09. The molecule has 0 aliphatic heterocycles. The lowest BCUT2D eigenvalue weighted by Gasteiger charge is -2.21. The van der Waals surface area contributed by atoms with Crippen LogP contribution < -0.4 is 11.1 Å². The van der Waals surface area contributed by atoms with Gasteiger partial charge in [-0.1, -0.05) is 30.2 Å². The molecule has 1 saturated carbocycles. The summed E-state index contributed by atoms with van der Waals surface area (Å²) in [6.45, 7) is 0. The van der Waals surface area contributed by atoms with Crippen LogP contribution in [0, 0.1) is 11.7 Å². The van der Waals surface area contributed by atoms with E-state index in [1.54, 1.807) is 12.1 Å². The maximum absolute atomic E-state index is 13.0. The Kier molecular flexibility index (Phi) is 4.52. The number of halogens is 2. The number of hydrogen-bond acceptors (Lipinski definition) is 3. The largest absolute Gasteiger partial charge is 0.381 e. The van der Waals surface area contributed by atoms with Crippen LogP contribution in [0.2, 0.25) is 5.02 Å². The Bertz CT molecular complexity index is 701. The number of anilines is 1. The van der Waals surface area contributed by atoms with Gasteiger partial charge in [-0.3, -0.25) is 9.89 Å². The van der Waals surface area contributed by atoms with Crippen LogP contribution in [0.4, 0.5) is 10.2 Å². The smallest absolute Gasteiger partial charge is 0.271 e. The summed E-state index contributed by atoms with van der Waals surface area (Å²) in [4.78, 5) is 12.3. The zero-order valence-electron chi connectivity index (χ0n) is 12.5. The first-order valence-corrected chi connectivity index (χ1v) is 7.97. The fourth-order valence-electron chi connectivity index (χ4n) is 3.13. The summed E-state index contributed by atoms with van der Waals surface area (Å²) in [5.74, 6) is -0.0961. The molecule has 2 atom stereocenters. The third-order valence-electron chi connectivity index (χ3n) is 4.35. The molecule has 0 saturated heterocycles. The molecular weight excluding hydrogens is 319 g/mol. The van der Waals surface area contributed by atoms with Crippen LogP contribution in [-0.4, -0.2) is 22.1 Å². The second-order valence-electron chi connectivity index (χ2n) is 5.90. The maximum Gasteiger partial charge on any atom is 0.271 e. The number of nitrogens with one attached hydrogen (secondary N) is 2. The summed E-state index contributed by atoms with van der Waals surface area (Å²) >= 11 is 5.95. The Hall–Kier alpha value is -2.08. The van der Waals surface area contributed by atoms with E-state index in [0.717, 1.165) is 31.2 Å². The highest BCUT2D eigenvalue weighted by Gasteiger charge is 2.30. The molecule has 1 aromatic heterocycles. The van der Waals surface area contributed by atoms with Crippen LogP contribution in [-0.2, 0) is 6.42 Å². The van der Waals surface area contributed by atoms with Gasteiger partial charge < -0.3 is 11.1 Å². The van der Waals surface area contributed by atoms with Crippen molar-refractivity contribution in [3.63, 3.8) is 0 Å². The predicted octanol–water partition coefficient (Wildman–Crippen LogP) is 2.93. The van der Waals surface area contributed by atoms with Gasteiger partial charge in [0.25, 0.3) is 5.91 Å². The van der Waals surface area contributed by atoms with Crippen LogP contribution in [0.3, 0.4) is 0 Å². The molecule has 1 heterocycles. The first-order valence-electron chi connectivity index (χ1n) is 7.59. The predicted molar refractivity (Wildman–Crippen MR) is 86.7 cm³/mol. The summed E-state index contributed by atoms with van der Waals surface area (Å²) in [6, 6.07) is 6.57. The fraction of sp³-hybridized carbons (Fsp3) is 0.375. The Morgan fingerprint density at radius 1 is 1.39 bits per heavy atom. The van der Waals surface area contributed by atoms with Crippen molar-refractivity contribution >= 4 is 23.3 Å². The van der Waals surface area contributed by atoms with Gasteiger partial charge >= 0.3 is 0 Å². The average molecular weight is 337 g/mol. The van der Waals surface area contributed by atoms with E-state index < -0.39 is 0 Å². The zero-order chi connectivity index (χ0) is 16.4. The van der Waals surface area contributed by atoms with Crippen molar-refractivity contribution in [3.8, 4) is 0 Å². The van der Waals surface area contributed by atoms with Crippen LogP contribution in [0.25, 0.3) is 0 Å². The number of amides is 1. The number of carbonyl (C=O) groups excluding carboxylic acids is 1. The fourth-order valence-corrected chi connectivity index (χ4v) is 3.30. The van der Waals surface area contributed by atoms with Crippen molar-refractivity contribution in [2.75, 3.05) is 5.73 Å². The molecular formula is C16H18ClFN4O. The van der Waals surface area contributed by atoms with Crippen molar-refractivity contribution in [1.29, 1.82) is 0 Å². The number of benzene rings is 1. The maximum atomic E-state index is 13.0. The quantitative estimate of drug-likeness (QED) is 0.802. The number of nitrogens with two attached hydrogens (primary N) is 1. The lowest BCUT2D eigenvalue weighted by molar-refractivity contribution is 0.0923. The highest BCUT2D eigenvalue weighted by Crippen LogP contribution is 2.29. The molecule has 1 aliphatic rings. The number of rotatable bonds is 4. The van der Waals surface area contributed by atoms with Crippen LogP contribution in [0.1, 0.15) is 35.3 Å². The number of nitrogens with zero attached hydrogens (tertiary/aromatic N) is 1. The van der Waals surface area contributed by atoms with Gasteiger partial charge in [-0.2, -0.15) is 5.10 Å². The topological polar surface area (TPSA) is 83.8 Å². The van der Waals surface area contributed by atoms with E-state index >= 15 is 0 Å². The monoisotopic (exact) mass is 336 g/mol. The highest BCUT2D eigenvalue weighted by molar-refractivity contribution is 6.35. The Morgan fingerprint density at radius 2 is 2.13 bits per heavy atom. The normalized spacial score (nSPS) is 20.6. The molecule has 1 aliphatic carbocycles. The van der Waals surface area contributed by atoms with Crippen LogP contribution in [0.5, 0.6) is 0 Å². The molecule has 3 rings (SSSR count). The van der Waals surface area contributed by atoms with E-state index in [1.165, 1.54) is 12.1 Å². The summed E-state index contributed by atoms with van der Waals surface area (Å²) in [7, 11) is 0. The van der Waals surface area contributed by atoms with Gasteiger partial charge in [0.15, 0.2) is 5.82 Å². The molecule has 0 bridgehead atoms. The first kappa shape index (κ1) is 15.8. The summed E-state index contributed by atoms with van der Waals surface area (Å²) in [5, 5.41) is 9.44. The summed E-state index contributed by atoms with van der Waals surface area (Å²) in [5.41, 5.74) is 6.81. The molecule has 2 aromatic rings. The Balaban J connectivity index is 1.66. The molecule has 1 aromatic carbocycles. The number of H-pyrrole nitrogens is 1. The van der Waals surface area contributed by atoms with E-state index in [2.05, 4.69) is 15.5 Å². The number of carbonyl (C=O) groups is 1. The van der Waals surface area contributed by atoms with Gasteiger partial charge in [0.2, 0.25) is 0 Å². The number of aromatic amines is 1. The lowest BCUT2D eigenvalue weighted by Crippen LogP contribution is -2.38. The van der Waals surface area contributed by atoms with Crippen LogP contribution in [0.15, 0.2) is 24.3 Å². The van der Waals surface area contributed by atoms with Gasteiger partial charge in [-0.15, -0.1) is 0 Å². The van der Waals surface area contributed by atoms with Crippen molar-refractivity contribution in [1.82, 2.24) is 15.5 Å². The van der Waals surface area contributed by atoms with E-state index in [9.17, 15) is 9.18 Å². The third-order valence-corrected chi connectivity index (χ3v) is 4.73. The molecule has 122 valence electrons. The SMILES string of the molecule is Nc1n[nH]c(C(=O)N[C@H]2CCC[C@H]2Cc2ccc(F)cc2)c1Cl. The van der Waals surface area contributed by atoms with Gasteiger partial charge in [-0.25, -0.2) is 4.39 Å².